The lowest BCUT2D eigenvalue weighted by Gasteiger charge is -2.09. The highest BCUT2D eigenvalue weighted by Crippen LogP contribution is 2.16. The monoisotopic (exact) mass is 364 g/mol. The van der Waals surface area contributed by atoms with Crippen LogP contribution in [0.1, 0.15) is 10.4 Å². The first-order chi connectivity index (χ1) is 12.5. The number of carbonyl (C=O) groups excluding carboxylic acids is 2. The van der Waals surface area contributed by atoms with Crippen LogP contribution in [0.2, 0.25) is 0 Å². The van der Waals surface area contributed by atoms with Gasteiger partial charge in [0.15, 0.2) is 11.6 Å². The number of carbonyl (C=O) groups is 2. The van der Waals surface area contributed by atoms with Gasteiger partial charge in [0.05, 0.1) is 20.2 Å². The summed E-state index contributed by atoms with van der Waals surface area (Å²) in [6.07, 6.45) is 0. The van der Waals surface area contributed by atoms with Crippen molar-refractivity contribution in [1.82, 2.24) is 10.6 Å². The molecule has 0 aliphatic heterocycles. The Kier molecular flexibility index (Phi) is 6.90. The van der Waals surface area contributed by atoms with E-state index in [0.29, 0.717) is 11.5 Å². The van der Waals surface area contributed by atoms with Crippen molar-refractivity contribution in [3.05, 3.63) is 59.7 Å². The highest BCUT2D eigenvalue weighted by molar-refractivity contribution is 5.96. The van der Waals surface area contributed by atoms with E-state index >= 15 is 0 Å². The molecule has 0 aliphatic carbocycles. The van der Waals surface area contributed by atoms with Gasteiger partial charge in [-0.15, -0.1) is 0 Å². The lowest BCUT2D eigenvalue weighted by Crippen LogP contribution is -2.38. The van der Waals surface area contributed by atoms with Crippen LogP contribution in [0, 0.1) is 11.6 Å². The fraction of sp³-hybridized carbons (Fsp3) is 0.222. The van der Waals surface area contributed by atoms with Crippen molar-refractivity contribution in [3.63, 3.8) is 0 Å². The second kappa shape index (κ2) is 9.36. The van der Waals surface area contributed by atoms with Gasteiger partial charge in [-0.3, -0.25) is 9.59 Å². The molecule has 2 aromatic carbocycles. The Hall–Kier alpha value is -3.16. The van der Waals surface area contributed by atoms with Gasteiger partial charge < -0.3 is 20.1 Å². The highest BCUT2D eigenvalue weighted by atomic mass is 19.2. The lowest BCUT2D eigenvalue weighted by molar-refractivity contribution is -0.120. The minimum Gasteiger partial charge on any atom is -0.497 e. The molecule has 0 heterocycles. The number of rotatable bonds is 8. The van der Waals surface area contributed by atoms with Crippen LogP contribution in [0.25, 0.3) is 0 Å². The Labute approximate surface area is 149 Å². The van der Waals surface area contributed by atoms with Crippen molar-refractivity contribution in [2.75, 3.05) is 26.8 Å². The lowest BCUT2D eigenvalue weighted by atomic mass is 10.2. The molecule has 2 rings (SSSR count). The van der Waals surface area contributed by atoms with Gasteiger partial charge in [-0.25, -0.2) is 8.78 Å². The van der Waals surface area contributed by atoms with Crippen molar-refractivity contribution < 1.29 is 27.8 Å². The van der Waals surface area contributed by atoms with E-state index in [1.165, 1.54) is 0 Å². The van der Waals surface area contributed by atoms with E-state index in [4.69, 9.17) is 9.47 Å². The molecule has 8 heteroatoms. The van der Waals surface area contributed by atoms with Crippen LogP contribution < -0.4 is 20.1 Å². The van der Waals surface area contributed by atoms with Crippen molar-refractivity contribution >= 4 is 11.8 Å². The summed E-state index contributed by atoms with van der Waals surface area (Å²) in [7, 11) is 1.57. The molecule has 26 heavy (non-hydrogen) atoms. The Morgan fingerprint density at radius 2 is 1.65 bits per heavy atom. The standard InChI is InChI=1S/C18H18F2N2O4/c1-25-13-3-5-14(6-4-13)26-9-8-21-17(23)11-22-18(24)12-2-7-15(19)16(20)10-12/h2-7,10H,8-9,11H2,1H3,(H,21,23)(H,22,24). The van der Waals surface area contributed by atoms with E-state index in [0.717, 1.165) is 18.2 Å². The minimum absolute atomic E-state index is 0.0699. The molecule has 6 nitrogen and oxygen atoms in total. The maximum absolute atomic E-state index is 13.1. The maximum Gasteiger partial charge on any atom is 0.251 e. The summed E-state index contributed by atoms with van der Waals surface area (Å²) in [5.74, 6) is -1.93. The Balaban J connectivity index is 1.66. The van der Waals surface area contributed by atoms with E-state index in [-0.39, 0.29) is 25.3 Å². The number of nitrogens with one attached hydrogen (secondary N) is 2. The third-order valence-corrected chi connectivity index (χ3v) is 3.34. The molecule has 0 aliphatic rings. The molecule has 0 saturated carbocycles. The van der Waals surface area contributed by atoms with Crippen LogP contribution in [0.15, 0.2) is 42.5 Å². The van der Waals surface area contributed by atoms with Gasteiger partial charge in [0.1, 0.15) is 18.1 Å². The molecule has 0 bridgehead atoms. The summed E-state index contributed by atoms with van der Waals surface area (Å²) < 4.78 is 36.4. The fourth-order valence-electron chi connectivity index (χ4n) is 1.99. The largest absolute Gasteiger partial charge is 0.497 e. The van der Waals surface area contributed by atoms with Crippen LogP contribution in [0.5, 0.6) is 11.5 Å². The molecule has 0 saturated heterocycles. The summed E-state index contributed by atoms with van der Waals surface area (Å²) in [6.45, 7) is 0.196. The molecule has 0 spiro atoms. The zero-order valence-corrected chi connectivity index (χ0v) is 14.1. The first kappa shape index (κ1) is 19.2. The SMILES string of the molecule is COc1ccc(OCCNC(=O)CNC(=O)c2ccc(F)c(F)c2)cc1. The fourth-order valence-corrected chi connectivity index (χ4v) is 1.99. The summed E-state index contributed by atoms with van der Waals surface area (Å²) >= 11 is 0. The van der Waals surface area contributed by atoms with Crippen LogP contribution >= 0.6 is 0 Å². The summed E-state index contributed by atoms with van der Waals surface area (Å²) in [4.78, 5) is 23.4. The predicted molar refractivity (Wildman–Crippen MR) is 90.2 cm³/mol. The number of hydrogen-bond acceptors (Lipinski definition) is 4. The van der Waals surface area contributed by atoms with Gasteiger partial charge in [-0.1, -0.05) is 0 Å². The van der Waals surface area contributed by atoms with E-state index < -0.39 is 23.4 Å². The summed E-state index contributed by atoms with van der Waals surface area (Å²) in [5, 5.41) is 4.89. The minimum atomic E-state index is -1.13. The second-order valence-corrected chi connectivity index (χ2v) is 5.19. The number of amides is 2. The molecular formula is C18H18F2N2O4. The first-order valence-electron chi connectivity index (χ1n) is 7.76. The molecule has 2 N–H and O–H groups in total. The predicted octanol–water partition coefficient (Wildman–Crippen LogP) is 1.90. The van der Waals surface area contributed by atoms with E-state index in [1.807, 2.05) is 0 Å². The molecule has 0 fully saturated rings. The molecule has 2 amide bonds. The van der Waals surface area contributed by atoms with Crippen molar-refractivity contribution in [3.8, 4) is 11.5 Å². The summed E-state index contributed by atoms with van der Waals surface area (Å²) in [5.41, 5.74) is -0.0699. The Morgan fingerprint density at radius 1 is 0.962 bits per heavy atom. The number of methoxy groups -OCH3 is 1. The average Bonchev–Trinajstić information content (AvgIpc) is 2.66. The Morgan fingerprint density at radius 3 is 2.31 bits per heavy atom. The topological polar surface area (TPSA) is 76.7 Å². The molecule has 138 valence electrons. The van der Waals surface area contributed by atoms with Gasteiger partial charge in [-0.05, 0) is 42.5 Å². The molecular weight excluding hydrogens is 346 g/mol. The zero-order chi connectivity index (χ0) is 18.9. The van der Waals surface area contributed by atoms with E-state index in [9.17, 15) is 18.4 Å². The summed E-state index contributed by atoms with van der Waals surface area (Å²) in [6, 6.07) is 9.73. The molecule has 2 aromatic rings. The number of ether oxygens (including phenoxy) is 2. The van der Waals surface area contributed by atoms with Crippen molar-refractivity contribution in [2.24, 2.45) is 0 Å². The third kappa shape index (κ3) is 5.73. The van der Waals surface area contributed by atoms with Gasteiger partial charge in [0.25, 0.3) is 5.91 Å². The highest BCUT2D eigenvalue weighted by Gasteiger charge is 2.10. The van der Waals surface area contributed by atoms with Crippen LogP contribution in [-0.2, 0) is 4.79 Å². The smallest absolute Gasteiger partial charge is 0.251 e. The van der Waals surface area contributed by atoms with E-state index in [2.05, 4.69) is 10.6 Å². The molecule has 0 atom stereocenters. The second-order valence-electron chi connectivity index (χ2n) is 5.19. The molecule has 0 aromatic heterocycles. The number of hydrogen-bond donors (Lipinski definition) is 2. The Bertz CT molecular complexity index is 766. The first-order valence-corrected chi connectivity index (χ1v) is 7.76. The van der Waals surface area contributed by atoms with Gasteiger partial charge >= 0.3 is 0 Å². The third-order valence-electron chi connectivity index (χ3n) is 3.34. The quantitative estimate of drug-likeness (QED) is 0.702. The number of benzene rings is 2. The van der Waals surface area contributed by atoms with Crippen molar-refractivity contribution in [2.45, 2.75) is 0 Å². The van der Waals surface area contributed by atoms with Gasteiger partial charge in [0, 0.05) is 5.56 Å². The normalized spacial score (nSPS) is 10.1. The van der Waals surface area contributed by atoms with Gasteiger partial charge in [-0.2, -0.15) is 0 Å². The zero-order valence-electron chi connectivity index (χ0n) is 14.1. The average molecular weight is 364 g/mol. The molecule has 0 unspecified atom stereocenters. The van der Waals surface area contributed by atoms with Crippen LogP contribution in [0.3, 0.4) is 0 Å². The van der Waals surface area contributed by atoms with E-state index in [1.54, 1.807) is 31.4 Å². The molecule has 0 radical (unpaired) electrons. The van der Waals surface area contributed by atoms with Crippen LogP contribution in [0.4, 0.5) is 8.78 Å². The van der Waals surface area contributed by atoms with Gasteiger partial charge in [0.2, 0.25) is 5.91 Å². The van der Waals surface area contributed by atoms with Crippen molar-refractivity contribution in [1.29, 1.82) is 0 Å². The van der Waals surface area contributed by atoms with Crippen LogP contribution in [-0.4, -0.2) is 38.6 Å². The number of halogens is 2. The maximum atomic E-state index is 13.1.